The van der Waals surface area contributed by atoms with Crippen molar-refractivity contribution in [1.82, 2.24) is 20.2 Å². The van der Waals surface area contributed by atoms with Crippen molar-refractivity contribution in [1.29, 1.82) is 0 Å². The SMILES string of the molecule is Nc1nc(-c2cccc([N+](=O)[O-])c2)c2cn[nH]c2n1. The first-order valence-electron chi connectivity index (χ1n) is 5.36. The number of non-ortho nitro benzene ring substituents is 1. The van der Waals surface area contributed by atoms with Crippen molar-refractivity contribution in [2.45, 2.75) is 0 Å². The van der Waals surface area contributed by atoms with E-state index in [4.69, 9.17) is 5.73 Å². The minimum Gasteiger partial charge on any atom is -0.368 e. The first-order valence-corrected chi connectivity index (χ1v) is 5.36. The van der Waals surface area contributed by atoms with Gasteiger partial charge in [0.25, 0.3) is 5.69 Å². The summed E-state index contributed by atoms with van der Waals surface area (Å²) in [4.78, 5) is 18.5. The smallest absolute Gasteiger partial charge is 0.270 e. The maximum Gasteiger partial charge on any atom is 0.270 e. The van der Waals surface area contributed by atoms with E-state index in [0.29, 0.717) is 22.3 Å². The number of aromatic amines is 1. The summed E-state index contributed by atoms with van der Waals surface area (Å²) in [5, 5.41) is 18.0. The number of hydrogen-bond donors (Lipinski definition) is 2. The molecule has 8 heteroatoms. The van der Waals surface area contributed by atoms with Crippen LogP contribution in [0.2, 0.25) is 0 Å². The molecule has 1 aromatic carbocycles. The zero-order valence-corrected chi connectivity index (χ0v) is 9.57. The molecule has 94 valence electrons. The van der Waals surface area contributed by atoms with Crippen molar-refractivity contribution in [3.8, 4) is 11.3 Å². The number of aromatic nitrogens is 4. The molecule has 0 aliphatic rings. The number of nitrogen functional groups attached to an aromatic ring is 1. The van der Waals surface area contributed by atoms with Crippen molar-refractivity contribution in [3.05, 3.63) is 40.6 Å². The molecule has 2 aromatic heterocycles. The largest absolute Gasteiger partial charge is 0.368 e. The van der Waals surface area contributed by atoms with Gasteiger partial charge in [-0.3, -0.25) is 15.2 Å². The molecule has 0 bridgehead atoms. The van der Waals surface area contributed by atoms with Crippen LogP contribution in [-0.4, -0.2) is 25.1 Å². The van der Waals surface area contributed by atoms with Crippen LogP contribution in [-0.2, 0) is 0 Å². The summed E-state index contributed by atoms with van der Waals surface area (Å²) in [6.07, 6.45) is 1.56. The number of hydrogen-bond acceptors (Lipinski definition) is 6. The molecular formula is C11H8N6O2. The van der Waals surface area contributed by atoms with Crippen molar-refractivity contribution in [3.63, 3.8) is 0 Å². The Morgan fingerprint density at radius 3 is 2.95 bits per heavy atom. The van der Waals surface area contributed by atoms with E-state index in [2.05, 4.69) is 20.2 Å². The van der Waals surface area contributed by atoms with Gasteiger partial charge in [-0.15, -0.1) is 0 Å². The van der Waals surface area contributed by atoms with Gasteiger partial charge in [0.05, 0.1) is 22.2 Å². The number of anilines is 1. The highest BCUT2D eigenvalue weighted by Gasteiger charge is 2.13. The third-order valence-electron chi connectivity index (χ3n) is 2.66. The van der Waals surface area contributed by atoms with Crippen LogP contribution in [0, 0.1) is 10.1 Å². The molecule has 0 fully saturated rings. The molecule has 0 atom stereocenters. The predicted octanol–water partition coefficient (Wildman–Crippen LogP) is 1.51. The lowest BCUT2D eigenvalue weighted by Crippen LogP contribution is -1.97. The second kappa shape index (κ2) is 4.02. The van der Waals surface area contributed by atoms with E-state index in [1.54, 1.807) is 18.3 Å². The highest BCUT2D eigenvalue weighted by Crippen LogP contribution is 2.27. The van der Waals surface area contributed by atoms with Gasteiger partial charge in [-0.2, -0.15) is 10.1 Å². The second-order valence-electron chi connectivity index (χ2n) is 3.87. The molecule has 0 aliphatic heterocycles. The predicted molar refractivity (Wildman–Crippen MR) is 68.2 cm³/mol. The number of nitro benzene ring substituents is 1. The lowest BCUT2D eigenvalue weighted by Gasteiger charge is -2.03. The maximum atomic E-state index is 10.8. The van der Waals surface area contributed by atoms with Crippen LogP contribution in [0.4, 0.5) is 11.6 Å². The zero-order chi connectivity index (χ0) is 13.4. The number of nitrogens with zero attached hydrogens (tertiary/aromatic N) is 4. The third-order valence-corrected chi connectivity index (χ3v) is 2.66. The van der Waals surface area contributed by atoms with Crippen molar-refractivity contribution < 1.29 is 4.92 Å². The Labute approximate surface area is 106 Å². The van der Waals surface area contributed by atoms with E-state index in [1.165, 1.54) is 12.1 Å². The molecule has 3 N–H and O–H groups in total. The fraction of sp³-hybridized carbons (Fsp3) is 0. The van der Waals surface area contributed by atoms with Crippen LogP contribution in [0.5, 0.6) is 0 Å². The molecule has 0 aliphatic carbocycles. The average Bonchev–Trinajstić information content (AvgIpc) is 2.85. The number of fused-ring (bicyclic) bond motifs is 1. The molecule has 8 nitrogen and oxygen atoms in total. The molecule has 2 heterocycles. The lowest BCUT2D eigenvalue weighted by atomic mass is 10.1. The highest BCUT2D eigenvalue weighted by molar-refractivity contribution is 5.90. The summed E-state index contributed by atoms with van der Waals surface area (Å²) in [6.45, 7) is 0. The quantitative estimate of drug-likeness (QED) is 0.529. The molecule has 3 aromatic rings. The highest BCUT2D eigenvalue weighted by atomic mass is 16.6. The van der Waals surface area contributed by atoms with Crippen LogP contribution in [0.15, 0.2) is 30.5 Å². The molecule has 0 saturated heterocycles. The first-order chi connectivity index (χ1) is 9.15. The summed E-state index contributed by atoms with van der Waals surface area (Å²) in [5.41, 5.74) is 7.21. The molecule has 3 rings (SSSR count). The summed E-state index contributed by atoms with van der Waals surface area (Å²) in [7, 11) is 0. The number of nitrogens with one attached hydrogen (secondary N) is 1. The number of benzene rings is 1. The molecule has 19 heavy (non-hydrogen) atoms. The van der Waals surface area contributed by atoms with E-state index < -0.39 is 4.92 Å². The number of H-pyrrole nitrogens is 1. The monoisotopic (exact) mass is 256 g/mol. The number of nitro groups is 1. The Kier molecular flexibility index (Phi) is 2.34. The Morgan fingerprint density at radius 2 is 2.16 bits per heavy atom. The normalized spacial score (nSPS) is 10.7. The molecule has 0 radical (unpaired) electrons. The Balaban J connectivity index is 2.26. The first kappa shape index (κ1) is 11.1. The van der Waals surface area contributed by atoms with Gasteiger partial charge >= 0.3 is 0 Å². The van der Waals surface area contributed by atoms with E-state index in [0.717, 1.165) is 0 Å². The fourth-order valence-corrected chi connectivity index (χ4v) is 1.84. The van der Waals surface area contributed by atoms with Crippen LogP contribution in [0.3, 0.4) is 0 Å². The number of rotatable bonds is 2. The standard InChI is InChI=1S/C11H8N6O2/c12-11-14-9(8-5-13-16-10(8)15-11)6-2-1-3-7(4-6)17(18)19/h1-5H,(H3,12,13,14,15,16). The summed E-state index contributed by atoms with van der Waals surface area (Å²) in [6, 6.07) is 6.17. The average molecular weight is 256 g/mol. The molecular weight excluding hydrogens is 248 g/mol. The van der Waals surface area contributed by atoms with Crippen LogP contribution >= 0.6 is 0 Å². The van der Waals surface area contributed by atoms with Gasteiger partial charge in [-0.05, 0) is 0 Å². The van der Waals surface area contributed by atoms with E-state index >= 15 is 0 Å². The van der Waals surface area contributed by atoms with Crippen molar-refractivity contribution in [2.24, 2.45) is 0 Å². The van der Waals surface area contributed by atoms with Crippen LogP contribution in [0.25, 0.3) is 22.3 Å². The van der Waals surface area contributed by atoms with Gasteiger partial charge < -0.3 is 5.73 Å². The second-order valence-corrected chi connectivity index (χ2v) is 3.87. The Morgan fingerprint density at radius 1 is 1.32 bits per heavy atom. The van der Waals surface area contributed by atoms with Gasteiger partial charge in [0, 0.05) is 17.7 Å². The van der Waals surface area contributed by atoms with E-state index in [1.807, 2.05) is 0 Å². The third kappa shape index (κ3) is 1.84. The summed E-state index contributed by atoms with van der Waals surface area (Å²) < 4.78 is 0. The molecule has 0 spiro atoms. The Bertz CT molecular complexity index is 782. The summed E-state index contributed by atoms with van der Waals surface area (Å²) in [5.74, 6) is 0.0817. The van der Waals surface area contributed by atoms with Gasteiger partial charge in [0.15, 0.2) is 5.65 Å². The van der Waals surface area contributed by atoms with Crippen LogP contribution < -0.4 is 5.73 Å². The van der Waals surface area contributed by atoms with Gasteiger partial charge in [-0.1, -0.05) is 12.1 Å². The maximum absolute atomic E-state index is 10.8. The fourth-order valence-electron chi connectivity index (χ4n) is 1.84. The molecule has 0 amide bonds. The number of nitrogens with two attached hydrogens (primary N) is 1. The summed E-state index contributed by atoms with van der Waals surface area (Å²) >= 11 is 0. The molecule has 0 unspecified atom stereocenters. The van der Waals surface area contributed by atoms with Crippen LogP contribution in [0.1, 0.15) is 0 Å². The minimum atomic E-state index is -0.458. The zero-order valence-electron chi connectivity index (χ0n) is 9.57. The minimum absolute atomic E-state index is 0.00803. The Hall–Kier alpha value is -3.03. The lowest BCUT2D eigenvalue weighted by molar-refractivity contribution is -0.384. The van der Waals surface area contributed by atoms with Gasteiger partial charge in [0.2, 0.25) is 5.95 Å². The molecule has 0 saturated carbocycles. The van der Waals surface area contributed by atoms with E-state index in [9.17, 15) is 10.1 Å². The topological polar surface area (TPSA) is 124 Å². The van der Waals surface area contributed by atoms with Crippen molar-refractivity contribution in [2.75, 3.05) is 5.73 Å². The van der Waals surface area contributed by atoms with E-state index in [-0.39, 0.29) is 11.6 Å². The van der Waals surface area contributed by atoms with Gasteiger partial charge in [0.1, 0.15) is 0 Å². The van der Waals surface area contributed by atoms with Gasteiger partial charge in [-0.25, -0.2) is 4.98 Å². The van der Waals surface area contributed by atoms with Crippen molar-refractivity contribution >= 4 is 22.7 Å².